The fourth-order valence-corrected chi connectivity index (χ4v) is 1.91. The van der Waals surface area contributed by atoms with Crippen molar-refractivity contribution in [1.29, 1.82) is 0 Å². The molecule has 18 heavy (non-hydrogen) atoms. The van der Waals surface area contributed by atoms with Crippen molar-refractivity contribution in [2.45, 2.75) is 0 Å². The van der Waals surface area contributed by atoms with Gasteiger partial charge in [0, 0.05) is 16.1 Å². The second-order valence-electron chi connectivity index (χ2n) is 3.72. The molecule has 0 saturated carbocycles. The fraction of sp³-hybridized carbons (Fsp3) is 0.0714. The summed E-state index contributed by atoms with van der Waals surface area (Å²) < 4.78 is 1.01. The molecule has 1 aromatic rings. The quantitative estimate of drug-likeness (QED) is 0.515. The molecule has 0 bridgehead atoms. The van der Waals surface area contributed by atoms with Crippen LogP contribution in [0.5, 0.6) is 0 Å². The van der Waals surface area contributed by atoms with Crippen LogP contribution in [-0.4, -0.2) is 12.4 Å². The van der Waals surface area contributed by atoms with Crippen molar-refractivity contribution in [3.05, 3.63) is 69.2 Å². The van der Waals surface area contributed by atoms with Gasteiger partial charge in [-0.15, -0.1) is 0 Å². The Morgan fingerprint density at radius 3 is 2.72 bits per heavy atom. The van der Waals surface area contributed by atoms with E-state index in [4.69, 9.17) is 17.3 Å². The molecule has 2 rings (SSSR count). The van der Waals surface area contributed by atoms with Gasteiger partial charge in [0.05, 0.1) is 12.2 Å². The Labute approximate surface area is 120 Å². The maximum atomic E-state index is 6.00. The lowest BCUT2D eigenvalue weighted by molar-refractivity contribution is 1.15. The molecule has 0 saturated heterocycles. The van der Waals surface area contributed by atoms with E-state index in [-0.39, 0.29) is 0 Å². The Kier molecular flexibility index (Phi) is 4.32. The predicted octanol–water partition coefficient (Wildman–Crippen LogP) is 3.58. The molecule has 0 aliphatic heterocycles. The third kappa shape index (κ3) is 3.30. The van der Waals surface area contributed by atoms with Crippen LogP contribution in [0.4, 0.5) is 0 Å². The number of allylic oxidation sites excluding steroid dienone is 4. The van der Waals surface area contributed by atoms with Crippen molar-refractivity contribution in [2.24, 2.45) is 10.7 Å². The molecule has 0 radical (unpaired) electrons. The Bertz CT molecular complexity index is 554. The number of hydrogen-bond acceptors (Lipinski definition) is 1. The summed E-state index contributed by atoms with van der Waals surface area (Å²) in [6.45, 7) is 0.456. The van der Waals surface area contributed by atoms with Crippen LogP contribution < -0.4 is 5.73 Å². The molecule has 1 aliphatic carbocycles. The van der Waals surface area contributed by atoms with E-state index in [1.54, 1.807) is 6.08 Å². The number of rotatable bonds is 3. The summed E-state index contributed by atoms with van der Waals surface area (Å²) in [5.74, 6) is 0.502. The van der Waals surface area contributed by atoms with Crippen molar-refractivity contribution in [2.75, 3.05) is 6.54 Å². The molecular formula is C14H11BrClN2+. The van der Waals surface area contributed by atoms with Crippen LogP contribution in [0, 0.1) is 6.08 Å². The Hall–Kier alpha value is -1.41. The van der Waals surface area contributed by atoms with Crippen LogP contribution in [0.15, 0.2) is 62.6 Å². The van der Waals surface area contributed by atoms with Crippen LogP contribution in [0.25, 0.3) is 0 Å². The first-order valence-electron chi connectivity index (χ1n) is 5.38. The SMILES string of the molecule is NC(=NCC1=CC=C[C+]=C1Cl)c1ccc(Br)cc1. The van der Waals surface area contributed by atoms with Crippen molar-refractivity contribution < 1.29 is 0 Å². The normalized spacial score (nSPS) is 14.9. The van der Waals surface area contributed by atoms with Crippen molar-refractivity contribution in [1.82, 2.24) is 0 Å². The number of nitrogens with zero attached hydrogens (tertiary/aromatic N) is 1. The lowest BCUT2D eigenvalue weighted by atomic mass is 10.1. The molecule has 1 aromatic carbocycles. The molecule has 0 unspecified atom stereocenters. The van der Waals surface area contributed by atoms with Gasteiger partial charge in [0.1, 0.15) is 24.0 Å². The van der Waals surface area contributed by atoms with Crippen LogP contribution in [-0.2, 0) is 0 Å². The van der Waals surface area contributed by atoms with E-state index in [9.17, 15) is 0 Å². The number of amidine groups is 1. The van der Waals surface area contributed by atoms with Crippen molar-refractivity contribution in [3.8, 4) is 0 Å². The van der Waals surface area contributed by atoms with Crippen molar-refractivity contribution in [3.63, 3.8) is 0 Å². The van der Waals surface area contributed by atoms with Gasteiger partial charge in [0.25, 0.3) is 0 Å². The average molecular weight is 323 g/mol. The van der Waals surface area contributed by atoms with E-state index in [1.807, 2.05) is 36.4 Å². The highest BCUT2D eigenvalue weighted by molar-refractivity contribution is 9.10. The van der Waals surface area contributed by atoms with Gasteiger partial charge >= 0.3 is 0 Å². The zero-order chi connectivity index (χ0) is 13.0. The van der Waals surface area contributed by atoms with Gasteiger partial charge in [0.2, 0.25) is 5.03 Å². The zero-order valence-electron chi connectivity index (χ0n) is 9.53. The minimum atomic E-state index is 0.456. The van der Waals surface area contributed by atoms with Gasteiger partial charge in [-0.1, -0.05) is 28.1 Å². The summed E-state index contributed by atoms with van der Waals surface area (Å²) in [6, 6.07) is 7.70. The second kappa shape index (κ2) is 5.96. The summed E-state index contributed by atoms with van der Waals surface area (Å²) in [5, 5.41) is 0.588. The monoisotopic (exact) mass is 321 g/mol. The molecule has 0 heterocycles. The Morgan fingerprint density at radius 1 is 1.33 bits per heavy atom. The highest BCUT2D eigenvalue weighted by Gasteiger charge is 2.13. The summed E-state index contributed by atoms with van der Waals surface area (Å²) in [4.78, 5) is 4.33. The van der Waals surface area contributed by atoms with Crippen LogP contribution in [0.3, 0.4) is 0 Å². The molecule has 0 aromatic heterocycles. The summed E-state index contributed by atoms with van der Waals surface area (Å²) in [6.07, 6.45) is 8.49. The predicted molar refractivity (Wildman–Crippen MR) is 79.6 cm³/mol. The standard InChI is InChI=1S/C14H11BrClN2/c15-12-7-5-10(6-8-12)14(17)18-9-11-3-1-2-4-13(11)16/h1-3,5-8H,9H2,(H2,17,18)/q+1. The molecule has 0 fully saturated rings. The molecule has 0 atom stereocenters. The molecule has 0 spiro atoms. The molecule has 2 nitrogen and oxygen atoms in total. The van der Waals surface area contributed by atoms with Gasteiger partial charge in [-0.05, 0) is 23.7 Å². The van der Waals surface area contributed by atoms with E-state index in [0.29, 0.717) is 17.4 Å². The topological polar surface area (TPSA) is 38.4 Å². The molecular weight excluding hydrogens is 312 g/mol. The maximum Gasteiger partial charge on any atom is 0.209 e. The third-order valence-corrected chi connectivity index (χ3v) is 3.33. The fourth-order valence-electron chi connectivity index (χ4n) is 1.46. The van der Waals surface area contributed by atoms with E-state index >= 15 is 0 Å². The lowest BCUT2D eigenvalue weighted by Crippen LogP contribution is -2.14. The van der Waals surface area contributed by atoms with Crippen LogP contribution >= 0.6 is 27.5 Å². The summed E-state index contributed by atoms with van der Waals surface area (Å²) in [7, 11) is 0. The third-order valence-electron chi connectivity index (χ3n) is 2.45. The van der Waals surface area contributed by atoms with E-state index < -0.39 is 0 Å². The number of aliphatic imine (C=N–C) groups is 1. The van der Waals surface area contributed by atoms with Gasteiger partial charge in [-0.25, -0.2) is 4.99 Å². The van der Waals surface area contributed by atoms with Crippen LogP contribution in [0.2, 0.25) is 0 Å². The van der Waals surface area contributed by atoms with Gasteiger partial charge in [0.15, 0.2) is 0 Å². The molecule has 1 aliphatic rings. The largest absolute Gasteiger partial charge is 0.383 e. The minimum absolute atomic E-state index is 0.456. The van der Waals surface area contributed by atoms with E-state index in [1.165, 1.54) is 0 Å². The highest BCUT2D eigenvalue weighted by Crippen LogP contribution is 2.18. The second-order valence-corrected chi connectivity index (χ2v) is 5.01. The summed E-state index contributed by atoms with van der Waals surface area (Å²) >= 11 is 9.38. The first kappa shape index (κ1) is 13.0. The molecule has 4 heteroatoms. The Morgan fingerprint density at radius 2 is 2.06 bits per heavy atom. The Balaban J connectivity index is 2.10. The minimum Gasteiger partial charge on any atom is -0.383 e. The lowest BCUT2D eigenvalue weighted by Gasteiger charge is -2.01. The molecule has 90 valence electrons. The van der Waals surface area contributed by atoms with Gasteiger partial charge < -0.3 is 5.73 Å². The number of halogens is 2. The summed E-state index contributed by atoms with van der Waals surface area (Å²) in [5.41, 5.74) is 7.74. The molecule has 0 amide bonds. The number of benzene rings is 1. The smallest absolute Gasteiger partial charge is 0.209 e. The molecule has 2 N–H and O–H groups in total. The first-order valence-corrected chi connectivity index (χ1v) is 6.55. The first-order chi connectivity index (χ1) is 8.66. The van der Waals surface area contributed by atoms with E-state index in [0.717, 1.165) is 15.6 Å². The highest BCUT2D eigenvalue weighted by atomic mass is 79.9. The number of nitrogens with two attached hydrogens (primary N) is 1. The van der Waals surface area contributed by atoms with Gasteiger partial charge in [-0.2, -0.15) is 0 Å². The number of hydrogen-bond donors (Lipinski definition) is 1. The van der Waals surface area contributed by atoms with Crippen LogP contribution in [0.1, 0.15) is 5.56 Å². The van der Waals surface area contributed by atoms with E-state index in [2.05, 4.69) is 27.0 Å². The van der Waals surface area contributed by atoms with Crippen molar-refractivity contribution >= 4 is 33.4 Å². The maximum absolute atomic E-state index is 6.00. The average Bonchev–Trinajstić information content (AvgIpc) is 2.38. The van der Waals surface area contributed by atoms with Gasteiger partial charge in [-0.3, -0.25) is 0 Å². The zero-order valence-corrected chi connectivity index (χ0v) is 11.9.